The van der Waals surface area contributed by atoms with Crippen LogP contribution in [0.2, 0.25) is 0 Å². The van der Waals surface area contributed by atoms with E-state index in [1.165, 1.54) is 6.07 Å². The van der Waals surface area contributed by atoms with Crippen LogP contribution in [-0.4, -0.2) is 21.1 Å². The molecule has 0 amide bonds. The Labute approximate surface area is 153 Å². The van der Waals surface area contributed by atoms with E-state index >= 15 is 0 Å². The van der Waals surface area contributed by atoms with Gasteiger partial charge in [-0.2, -0.15) is 4.98 Å². The molecule has 0 saturated carbocycles. The molecule has 0 saturated heterocycles. The van der Waals surface area contributed by atoms with Crippen LogP contribution < -0.4 is 5.56 Å². The Morgan fingerprint density at radius 2 is 1.85 bits per heavy atom. The fraction of sp³-hybridized carbons (Fsp3) is 0.100. The summed E-state index contributed by atoms with van der Waals surface area (Å²) in [6.45, 7) is -0.165. The number of pyridine rings is 1. The van der Waals surface area contributed by atoms with Crippen molar-refractivity contribution < 1.29 is 14.1 Å². The minimum atomic E-state index is -0.625. The van der Waals surface area contributed by atoms with Crippen LogP contribution in [0, 0.1) is 0 Å². The van der Waals surface area contributed by atoms with Gasteiger partial charge in [-0.05, 0) is 11.6 Å². The molecule has 27 heavy (non-hydrogen) atoms. The summed E-state index contributed by atoms with van der Waals surface area (Å²) in [6, 6.07) is 18.0. The van der Waals surface area contributed by atoms with Gasteiger partial charge >= 0.3 is 5.97 Å². The zero-order chi connectivity index (χ0) is 18.6. The number of fused-ring (bicyclic) bond motifs is 1. The lowest BCUT2D eigenvalue weighted by Crippen LogP contribution is -2.13. The molecule has 0 atom stereocenters. The van der Waals surface area contributed by atoms with Crippen molar-refractivity contribution in [3.05, 3.63) is 93.9 Å². The van der Waals surface area contributed by atoms with Crippen LogP contribution >= 0.6 is 0 Å². The Kier molecular flexibility index (Phi) is 4.49. The number of hydrogen-bond acceptors (Lipinski definition) is 6. The molecule has 134 valence electrons. The smallest absolute Gasteiger partial charge is 0.339 e. The zero-order valence-corrected chi connectivity index (χ0v) is 14.2. The summed E-state index contributed by atoms with van der Waals surface area (Å²) in [7, 11) is 0. The zero-order valence-electron chi connectivity index (χ0n) is 14.2. The lowest BCUT2D eigenvalue weighted by molar-refractivity contribution is 0.0432. The van der Waals surface area contributed by atoms with Gasteiger partial charge in [0.25, 0.3) is 5.89 Å². The normalized spacial score (nSPS) is 10.8. The highest BCUT2D eigenvalue weighted by Crippen LogP contribution is 2.16. The van der Waals surface area contributed by atoms with E-state index in [1.54, 1.807) is 24.3 Å². The molecule has 0 spiro atoms. The molecule has 7 heteroatoms. The molecule has 4 rings (SSSR count). The summed E-state index contributed by atoms with van der Waals surface area (Å²) in [5, 5.41) is 4.50. The molecule has 1 N–H and O–H groups in total. The van der Waals surface area contributed by atoms with Gasteiger partial charge in [0.15, 0.2) is 12.4 Å². The number of nitrogens with zero attached hydrogens (tertiary/aromatic N) is 2. The van der Waals surface area contributed by atoms with Gasteiger partial charge in [-0.3, -0.25) is 4.79 Å². The maximum atomic E-state index is 12.4. The second kappa shape index (κ2) is 7.25. The van der Waals surface area contributed by atoms with Gasteiger partial charge in [-0.25, -0.2) is 4.79 Å². The minimum Gasteiger partial charge on any atom is -0.452 e. The Morgan fingerprint density at radius 3 is 2.70 bits per heavy atom. The number of carbonyl (C=O) groups is 1. The summed E-state index contributed by atoms with van der Waals surface area (Å²) < 4.78 is 10.4. The number of carbonyl (C=O) groups excluding carboxylic acids is 1. The average molecular weight is 361 g/mol. The van der Waals surface area contributed by atoms with E-state index in [9.17, 15) is 9.59 Å². The number of aromatic nitrogens is 3. The molecule has 0 bridgehead atoms. The molecular weight excluding hydrogens is 346 g/mol. The highest BCUT2D eigenvalue weighted by atomic mass is 16.6. The number of benzene rings is 2. The van der Waals surface area contributed by atoms with Gasteiger partial charge in [0, 0.05) is 23.4 Å². The number of para-hydroxylation sites is 1. The summed E-state index contributed by atoms with van der Waals surface area (Å²) in [4.78, 5) is 31.1. The maximum absolute atomic E-state index is 12.4. The van der Waals surface area contributed by atoms with Crippen molar-refractivity contribution in [3.8, 4) is 0 Å². The summed E-state index contributed by atoms with van der Waals surface area (Å²) >= 11 is 0. The molecule has 0 fully saturated rings. The quantitative estimate of drug-likeness (QED) is 0.549. The number of H-pyrrole nitrogens is 1. The van der Waals surface area contributed by atoms with E-state index in [-0.39, 0.29) is 23.6 Å². The fourth-order valence-corrected chi connectivity index (χ4v) is 2.78. The maximum Gasteiger partial charge on any atom is 0.339 e. The summed E-state index contributed by atoms with van der Waals surface area (Å²) in [5.41, 5.74) is 1.44. The molecule has 0 aliphatic carbocycles. The van der Waals surface area contributed by atoms with Gasteiger partial charge in [0.05, 0.1) is 5.56 Å². The fourth-order valence-electron chi connectivity index (χ4n) is 2.78. The molecular formula is C20H15N3O4. The standard InChI is InChI=1S/C20H15N3O4/c24-18-11-15(14-8-4-5-9-16(14)21-18)20(25)26-12-19-22-17(23-27-19)10-13-6-2-1-3-7-13/h1-9,11H,10,12H2,(H,21,24). The van der Waals surface area contributed by atoms with Crippen molar-refractivity contribution in [2.75, 3.05) is 0 Å². The Hall–Kier alpha value is -3.74. The van der Waals surface area contributed by atoms with Gasteiger partial charge in [0.2, 0.25) is 5.56 Å². The van der Waals surface area contributed by atoms with Gasteiger partial charge in [0.1, 0.15) is 0 Å². The van der Waals surface area contributed by atoms with Crippen molar-refractivity contribution in [2.45, 2.75) is 13.0 Å². The SMILES string of the molecule is O=C(OCc1nc(Cc2ccccc2)no1)c1cc(=O)[nH]c2ccccc12. The molecule has 2 heterocycles. The van der Waals surface area contributed by atoms with Crippen molar-refractivity contribution in [3.63, 3.8) is 0 Å². The molecule has 0 unspecified atom stereocenters. The van der Waals surface area contributed by atoms with Crippen molar-refractivity contribution in [1.29, 1.82) is 0 Å². The van der Waals surface area contributed by atoms with E-state index in [1.807, 2.05) is 30.3 Å². The van der Waals surface area contributed by atoms with E-state index in [0.29, 0.717) is 23.1 Å². The lowest BCUT2D eigenvalue weighted by atomic mass is 10.1. The molecule has 0 radical (unpaired) electrons. The van der Waals surface area contributed by atoms with Gasteiger partial charge < -0.3 is 14.2 Å². The first-order valence-electron chi connectivity index (χ1n) is 8.33. The Bertz CT molecular complexity index is 1150. The van der Waals surface area contributed by atoms with Crippen LogP contribution in [0.1, 0.15) is 27.6 Å². The van der Waals surface area contributed by atoms with Gasteiger partial charge in [-0.15, -0.1) is 0 Å². The third-order valence-corrected chi connectivity index (χ3v) is 4.01. The van der Waals surface area contributed by atoms with E-state index in [4.69, 9.17) is 9.26 Å². The minimum absolute atomic E-state index is 0.165. The van der Waals surface area contributed by atoms with E-state index in [0.717, 1.165) is 5.56 Å². The first-order valence-corrected chi connectivity index (χ1v) is 8.33. The van der Waals surface area contributed by atoms with Crippen LogP contribution in [0.4, 0.5) is 0 Å². The first-order chi connectivity index (χ1) is 13.2. The predicted molar refractivity (Wildman–Crippen MR) is 97.2 cm³/mol. The van der Waals surface area contributed by atoms with Crippen LogP contribution in [-0.2, 0) is 17.8 Å². The molecule has 0 aliphatic heterocycles. The van der Waals surface area contributed by atoms with Crippen LogP contribution in [0.25, 0.3) is 10.9 Å². The third-order valence-electron chi connectivity index (χ3n) is 4.01. The Balaban J connectivity index is 1.47. The second-order valence-corrected chi connectivity index (χ2v) is 5.94. The van der Waals surface area contributed by atoms with Crippen LogP contribution in [0.3, 0.4) is 0 Å². The van der Waals surface area contributed by atoms with Crippen molar-refractivity contribution >= 4 is 16.9 Å². The number of rotatable bonds is 5. The largest absolute Gasteiger partial charge is 0.452 e. The molecule has 7 nitrogen and oxygen atoms in total. The molecule has 2 aromatic heterocycles. The van der Waals surface area contributed by atoms with Crippen molar-refractivity contribution in [1.82, 2.24) is 15.1 Å². The number of aromatic amines is 1. The number of esters is 1. The van der Waals surface area contributed by atoms with Crippen LogP contribution in [0.15, 0.2) is 70.0 Å². The van der Waals surface area contributed by atoms with E-state index < -0.39 is 5.97 Å². The second-order valence-electron chi connectivity index (χ2n) is 5.94. The van der Waals surface area contributed by atoms with Crippen molar-refractivity contribution in [2.24, 2.45) is 0 Å². The summed E-state index contributed by atoms with van der Waals surface area (Å²) in [6.07, 6.45) is 0.525. The number of hydrogen-bond donors (Lipinski definition) is 1. The Morgan fingerprint density at radius 1 is 1.07 bits per heavy atom. The molecule has 0 aliphatic rings. The van der Waals surface area contributed by atoms with E-state index in [2.05, 4.69) is 15.1 Å². The molecule has 2 aromatic carbocycles. The highest BCUT2D eigenvalue weighted by molar-refractivity contribution is 6.03. The number of nitrogens with one attached hydrogen (secondary N) is 1. The first kappa shape index (κ1) is 16.7. The topological polar surface area (TPSA) is 98.1 Å². The average Bonchev–Trinajstić information content (AvgIpc) is 3.13. The number of ether oxygens (including phenoxy) is 1. The highest BCUT2D eigenvalue weighted by Gasteiger charge is 2.15. The van der Waals surface area contributed by atoms with Gasteiger partial charge in [-0.1, -0.05) is 53.7 Å². The summed E-state index contributed by atoms with van der Waals surface area (Å²) in [5.74, 6) is 0.0809. The van der Waals surface area contributed by atoms with Crippen LogP contribution in [0.5, 0.6) is 0 Å². The monoisotopic (exact) mass is 361 g/mol. The predicted octanol–water partition coefficient (Wildman–Crippen LogP) is 2.86. The lowest BCUT2D eigenvalue weighted by Gasteiger charge is -2.05. The third kappa shape index (κ3) is 3.77. The molecule has 4 aromatic rings.